The second-order valence-electron chi connectivity index (χ2n) is 6.45. The summed E-state index contributed by atoms with van der Waals surface area (Å²) >= 11 is 3.93. The Morgan fingerprint density at radius 2 is 1.48 bits per heavy atom. The third-order valence-electron chi connectivity index (χ3n) is 4.11. The van der Waals surface area contributed by atoms with E-state index in [4.69, 9.17) is 0 Å². The Labute approximate surface area is 195 Å². The van der Waals surface area contributed by atoms with Crippen LogP contribution in [0.3, 0.4) is 0 Å². The zero-order valence-electron chi connectivity index (χ0n) is 15.5. The van der Waals surface area contributed by atoms with Crippen LogP contribution in [-0.2, 0) is 27.2 Å². The minimum atomic E-state index is -1.18. The average molecular weight is 622 g/mol. The molecule has 0 saturated carbocycles. The van der Waals surface area contributed by atoms with Crippen molar-refractivity contribution in [1.29, 1.82) is 0 Å². The molecule has 1 unspecified atom stereocenters. The van der Waals surface area contributed by atoms with Crippen molar-refractivity contribution in [3.05, 3.63) is 60.7 Å². The number of phenolic OH excluding ortho intramolecular Hbond substituents is 1. The lowest BCUT2D eigenvalue weighted by atomic mass is 10.0. The smallest absolute Gasteiger partial charge is 0.326 e. The van der Waals surface area contributed by atoms with Gasteiger partial charge in [-0.05, 0) is 68.4 Å². The molecule has 2 aromatic carbocycles. The van der Waals surface area contributed by atoms with E-state index in [-0.39, 0.29) is 24.5 Å². The molecule has 0 saturated heterocycles. The van der Waals surface area contributed by atoms with Crippen molar-refractivity contribution in [2.75, 3.05) is 0 Å². The number of hydrogen-bond donors (Lipinski definition) is 4. The molecular weight excluding hydrogens is 602 g/mol. The second kappa shape index (κ2) is 10.8. The molecule has 0 heterocycles. The lowest BCUT2D eigenvalue weighted by molar-refractivity contribution is -0.142. The van der Waals surface area contributed by atoms with Gasteiger partial charge in [-0.3, -0.25) is 9.59 Å². The predicted octanol–water partition coefficient (Wildman–Crippen LogP) is 2.46. The van der Waals surface area contributed by atoms with Crippen LogP contribution in [0.5, 0.6) is 5.75 Å². The molecule has 2 atom stereocenters. The largest absolute Gasteiger partial charge is 0.506 e. The van der Waals surface area contributed by atoms with Crippen molar-refractivity contribution in [3.8, 4) is 5.75 Å². The van der Waals surface area contributed by atoms with Gasteiger partial charge in [-0.1, -0.05) is 30.3 Å². The minimum Gasteiger partial charge on any atom is -0.506 e. The molecule has 0 aliphatic heterocycles. The molecule has 0 fully saturated rings. The highest BCUT2D eigenvalue weighted by molar-refractivity contribution is 14.1. The van der Waals surface area contributed by atoms with E-state index < -0.39 is 24.0 Å². The van der Waals surface area contributed by atoms with Crippen molar-refractivity contribution in [2.24, 2.45) is 0 Å². The molecule has 4 N–H and O–H groups in total. The van der Waals surface area contributed by atoms with Crippen LogP contribution in [0.4, 0.5) is 0 Å². The topological polar surface area (TPSA) is 116 Å². The molecule has 2 aromatic rings. The van der Waals surface area contributed by atoms with Gasteiger partial charge in [-0.15, -0.1) is 0 Å². The van der Waals surface area contributed by atoms with Crippen molar-refractivity contribution >= 4 is 63.0 Å². The first-order valence-corrected chi connectivity index (χ1v) is 10.8. The maximum Gasteiger partial charge on any atom is 0.326 e. The van der Waals surface area contributed by atoms with Crippen LogP contribution < -0.4 is 10.6 Å². The van der Waals surface area contributed by atoms with Gasteiger partial charge in [0.1, 0.15) is 17.8 Å². The van der Waals surface area contributed by atoms with E-state index in [1.165, 1.54) is 6.92 Å². The number of halogens is 2. The summed E-state index contributed by atoms with van der Waals surface area (Å²) in [5.41, 5.74) is 1.51. The summed E-state index contributed by atoms with van der Waals surface area (Å²) in [5, 5.41) is 24.6. The fraction of sp³-hybridized carbons (Fsp3) is 0.250. The zero-order valence-corrected chi connectivity index (χ0v) is 19.8. The summed E-state index contributed by atoms with van der Waals surface area (Å²) in [6, 6.07) is 10.4. The van der Waals surface area contributed by atoms with Gasteiger partial charge in [-0.2, -0.15) is 0 Å². The molecule has 7 nitrogen and oxygen atoms in total. The summed E-state index contributed by atoms with van der Waals surface area (Å²) in [5.74, 6) is -1.99. The first-order valence-electron chi connectivity index (χ1n) is 8.68. The number of nitrogens with one attached hydrogen (secondary N) is 2. The van der Waals surface area contributed by atoms with Crippen LogP contribution in [0.2, 0.25) is 0 Å². The SMILES string of the molecule is CC(=O)N[C@H](Cc1ccccc1)C(=O)NC(Cc1cc(I)c(O)c(I)c1)C(=O)O. The highest BCUT2D eigenvalue weighted by Gasteiger charge is 2.26. The van der Waals surface area contributed by atoms with E-state index in [0.29, 0.717) is 12.7 Å². The van der Waals surface area contributed by atoms with E-state index in [9.17, 15) is 24.6 Å². The van der Waals surface area contributed by atoms with Gasteiger partial charge in [-0.25, -0.2) is 4.79 Å². The summed E-state index contributed by atoms with van der Waals surface area (Å²) in [6.07, 6.45) is 0.291. The number of hydrogen-bond acceptors (Lipinski definition) is 4. The maximum absolute atomic E-state index is 12.7. The number of rotatable bonds is 8. The zero-order chi connectivity index (χ0) is 21.6. The van der Waals surface area contributed by atoms with E-state index >= 15 is 0 Å². The number of carbonyl (C=O) groups is 3. The fourth-order valence-electron chi connectivity index (χ4n) is 2.75. The van der Waals surface area contributed by atoms with Crippen LogP contribution in [-0.4, -0.2) is 40.1 Å². The fourth-order valence-corrected chi connectivity index (χ4v) is 4.65. The molecule has 9 heteroatoms. The molecule has 2 rings (SSSR count). The van der Waals surface area contributed by atoms with Crippen LogP contribution in [0.25, 0.3) is 0 Å². The van der Waals surface area contributed by atoms with Crippen LogP contribution >= 0.6 is 45.2 Å². The molecular formula is C20H20I2N2O5. The normalized spacial score (nSPS) is 12.7. The number of amides is 2. The van der Waals surface area contributed by atoms with Gasteiger partial charge in [0.15, 0.2) is 0 Å². The highest BCUT2D eigenvalue weighted by Crippen LogP contribution is 2.27. The van der Waals surface area contributed by atoms with Gasteiger partial charge in [0.25, 0.3) is 0 Å². The lowest BCUT2D eigenvalue weighted by Gasteiger charge is -2.21. The van der Waals surface area contributed by atoms with Crippen LogP contribution in [0, 0.1) is 7.14 Å². The highest BCUT2D eigenvalue weighted by atomic mass is 127. The monoisotopic (exact) mass is 622 g/mol. The van der Waals surface area contributed by atoms with Gasteiger partial charge >= 0.3 is 5.97 Å². The predicted molar refractivity (Wildman–Crippen MR) is 125 cm³/mol. The Morgan fingerprint density at radius 3 is 2.00 bits per heavy atom. The van der Waals surface area contributed by atoms with Gasteiger partial charge < -0.3 is 20.8 Å². The standard InChI is InChI=1S/C20H20I2N2O5/c1-11(25)23-16(9-12-5-3-2-4-6-12)19(27)24-17(20(28)29)10-13-7-14(21)18(26)15(22)8-13/h2-8,16-17,26H,9-10H2,1H3,(H,23,25)(H,24,27)(H,28,29)/t16-,17?/m1/s1. The molecule has 2 amide bonds. The third-order valence-corrected chi connectivity index (χ3v) is 5.75. The molecule has 0 aliphatic rings. The van der Waals surface area contributed by atoms with E-state index in [1.807, 2.05) is 75.5 Å². The van der Waals surface area contributed by atoms with E-state index in [1.54, 1.807) is 12.1 Å². The molecule has 0 radical (unpaired) electrons. The van der Waals surface area contributed by atoms with Crippen molar-refractivity contribution in [2.45, 2.75) is 31.8 Å². The molecule has 0 spiro atoms. The van der Waals surface area contributed by atoms with Gasteiger partial charge in [0.05, 0.1) is 7.14 Å². The molecule has 29 heavy (non-hydrogen) atoms. The molecule has 154 valence electrons. The third kappa shape index (κ3) is 7.14. The van der Waals surface area contributed by atoms with Gasteiger partial charge in [0, 0.05) is 19.8 Å². The van der Waals surface area contributed by atoms with Crippen LogP contribution in [0.1, 0.15) is 18.1 Å². The maximum atomic E-state index is 12.7. The Balaban J connectivity index is 2.17. The molecule has 0 bridgehead atoms. The lowest BCUT2D eigenvalue weighted by Crippen LogP contribution is -2.52. The van der Waals surface area contributed by atoms with Crippen LogP contribution in [0.15, 0.2) is 42.5 Å². The first kappa shape index (κ1) is 23.4. The number of carboxylic acid groups (broad SMARTS) is 1. The Bertz CT molecular complexity index is 882. The van der Waals surface area contributed by atoms with Crippen molar-refractivity contribution in [1.82, 2.24) is 10.6 Å². The number of carboxylic acids is 1. The minimum absolute atomic E-state index is 0.0471. The summed E-state index contributed by atoms with van der Waals surface area (Å²) < 4.78 is 1.19. The number of aromatic hydroxyl groups is 1. The number of carbonyl (C=O) groups excluding carboxylic acids is 2. The van der Waals surface area contributed by atoms with E-state index in [2.05, 4.69) is 10.6 Å². The van der Waals surface area contributed by atoms with Gasteiger partial charge in [0.2, 0.25) is 11.8 Å². The van der Waals surface area contributed by atoms with Crippen molar-refractivity contribution in [3.63, 3.8) is 0 Å². The second-order valence-corrected chi connectivity index (χ2v) is 8.78. The number of aliphatic carboxylic acids is 1. The average Bonchev–Trinajstić information content (AvgIpc) is 2.65. The summed E-state index contributed by atoms with van der Waals surface area (Å²) in [4.78, 5) is 36.0. The number of phenols is 1. The summed E-state index contributed by atoms with van der Waals surface area (Å²) in [7, 11) is 0. The first-order chi connectivity index (χ1) is 13.7. The van der Waals surface area contributed by atoms with E-state index in [0.717, 1.165) is 5.56 Å². The Hall–Kier alpha value is -1.89. The van der Waals surface area contributed by atoms with Crippen molar-refractivity contribution < 1.29 is 24.6 Å². The quantitative estimate of drug-likeness (QED) is 0.338. The Kier molecular flexibility index (Phi) is 8.68. The Morgan fingerprint density at radius 1 is 0.931 bits per heavy atom. The number of benzene rings is 2. The molecule has 0 aromatic heterocycles. The summed E-state index contributed by atoms with van der Waals surface area (Å²) in [6.45, 7) is 1.31. The molecule has 0 aliphatic carbocycles.